The van der Waals surface area contributed by atoms with E-state index in [1.165, 1.54) is 21.2 Å². The SMILES string of the molecule is CCN(P(c1ccccc1)c1ccccc1)P(c1ccccc1)c1ccccc1. The fraction of sp³-hybridized carbons (Fsp3) is 0.0769. The highest BCUT2D eigenvalue weighted by atomic mass is 31.2. The highest BCUT2D eigenvalue weighted by Gasteiger charge is 2.30. The van der Waals surface area contributed by atoms with Crippen LogP contribution in [0.1, 0.15) is 6.92 Å². The molecule has 0 aliphatic carbocycles. The van der Waals surface area contributed by atoms with E-state index < -0.39 is 16.1 Å². The van der Waals surface area contributed by atoms with Gasteiger partial charge in [0.05, 0.1) is 0 Å². The number of rotatable bonds is 7. The normalized spacial score (nSPS) is 11.3. The maximum Gasteiger partial charge on any atom is 0.0323 e. The molecule has 4 rings (SSSR count). The quantitative estimate of drug-likeness (QED) is 0.367. The van der Waals surface area contributed by atoms with Gasteiger partial charge in [-0.3, -0.25) is 0 Å². The molecule has 0 bridgehead atoms. The number of hydrogen-bond acceptors (Lipinski definition) is 1. The van der Waals surface area contributed by atoms with Gasteiger partial charge in [-0.15, -0.1) is 0 Å². The van der Waals surface area contributed by atoms with Crippen molar-refractivity contribution in [2.45, 2.75) is 6.92 Å². The van der Waals surface area contributed by atoms with E-state index in [2.05, 4.69) is 133 Å². The third-order valence-electron chi connectivity index (χ3n) is 4.75. The lowest BCUT2D eigenvalue weighted by Crippen LogP contribution is -2.31. The lowest BCUT2D eigenvalue weighted by atomic mass is 10.4. The van der Waals surface area contributed by atoms with Crippen molar-refractivity contribution in [1.29, 1.82) is 0 Å². The molecule has 4 aromatic carbocycles. The number of hydrogen-bond donors (Lipinski definition) is 0. The third-order valence-corrected chi connectivity index (χ3v) is 10.5. The Morgan fingerprint density at radius 1 is 0.448 bits per heavy atom. The molecule has 0 fully saturated rings. The monoisotopic (exact) mass is 413 g/mol. The fourth-order valence-corrected chi connectivity index (χ4v) is 9.48. The first-order valence-electron chi connectivity index (χ1n) is 9.96. The van der Waals surface area contributed by atoms with Crippen molar-refractivity contribution in [3.8, 4) is 0 Å². The van der Waals surface area contributed by atoms with Crippen LogP contribution < -0.4 is 21.2 Å². The Bertz CT molecular complexity index is 830. The molecule has 0 radical (unpaired) electrons. The predicted octanol–water partition coefficient (Wildman–Crippen LogP) is 5.40. The van der Waals surface area contributed by atoms with Crippen LogP contribution in [-0.4, -0.2) is 11.0 Å². The predicted molar refractivity (Wildman–Crippen MR) is 131 cm³/mol. The largest absolute Gasteiger partial charge is 0.245 e. The van der Waals surface area contributed by atoms with Crippen LogP contribution >= 0.6 is 16.1 Å². The zero-order valence-electron chi connectivity index (χ0n) is 16.6. The van der Waals surface area contributed by atoms with Crippen LogP contribution in [0.15, 0.2) is 121 Å². The van der Waals surface area contributed by atoms with Crippen LogP contribution in [0.3, 0.4) is 0 Å². The van der Waals surface area contributed by atoms with Crippen molar-refractivity contribution in [2.75, 3.05) is 6.54 Å². The van der Waals surface area contributed by atoms with Crippen molar-refractivity contribution in [1.82, 2.24) is 4.44 Å². The molecule has 0 saturated heterocycles. The highest BCUT2D eigenvalue weighted by Crippen LogP contribution is 2.53. The summed E-state index contributed by atoms with van der Waals surface area (Å²) in [6.07, 6.45) is 0. The number of benzene rings is 4. The van der Waals surface area contributed by atoms with Gasteiger partial charge in [0.1, 0.15) is 0 Å². The second kappa shape index (κ2) is 9.95. The summed E-state index contributed by atoms with van der Waals surface area (Å²) in [5.41, 5.74) is 0. The Morgan fingerprint density at radius 3 is 0.897 bits per heavy atom. The second-order valence-corrected chi connectivity index (χ2v) is 11.2. The maximum atomic E-state index is 2.74. The Morgan fingerprint density at radius 2 is 0.690 bits per heavy atom. The fourth-order valence-electron chi connectivity index (χ4n) is 3.48. The highest BCUT2D eigenvalue weighted by molar-refractivity contribution is 7.84. The van der Waals surface area contributed by atoms with Gasteiger partial charge in [0.15, 0.2) is 0 Å². The van der Waals surface area contributed by atoms with E-state index in [1.807, 2.05) is 0 Å². The molecule has 0 saturated carbocycles. The first-order chi connectivity index (χ1) is 14.4. The molecule has 3 heteroatoms. The van der Waals surface area contributed by atoms with Crippen molar-refractivity contribution >= 4 is 37.4 Å². The molecule has 0 amide bonds. The van der Waals surface area contributed by atoms with E-state index in [4.69, 9.17) is 0 Å². The zero-order chi connectivity index (χ0) is 19.9. The minimum atomic E-state index is -0.639. The lowest BCUT2D eigenvalue weighted by Gasteiger charge is -2.38. The molecule has 4 aromatic rings. The average Bonchev–Trinajstić information content (AvgIpc) is 2.81. The summed E-state index contributed by atoms with van der Waals surface area (Å²) in [4.78, 5) is 0. The summed E-state index contributed by atoms with van der Waals surface area (Å²) < 4.78 is 2.74. The van der Waals surface area contributed by atoms with E-state index in [1.54, 1.807) is 0 Å². The van der Waals surface area contributed by atoms with Crippen molar-refractivity contribution in [3.63, 3.8) is 0 Å². The van der Waals surface area contributed by atoms with Crippen molar-refractivity contribution in [3.05, 3.63) is 121 Å². The molecule has 0 heterocycles. The Labute approximate surface area is 176 Å². The van der Waals surface area contributed by atoms with Gasteiger partial charge >= 0.3 is 0 Å². The van der Waals surface area contributed by atoms with Gasteiger partial charge in [0.2, 0.25) is 0 Å². The lowest BCUT2D eigenvalue weighted by molar-refractivity contribution is 0.764. The van der Waals surface area contributed by atoms with Gasteiger partial charge in [-0.1, -0.05) is 128 Å². The molecule has 0 N–H and O–H groups in total. The molecule has 1 nitrogen and oxygen atoms in total. The summed E-state index contributed by atoms with van der Waals surface area (Å²) >= 11 is 0. The first kappa shape index (κ1) is 20.0. The minimum Gasteiger partial charge on any atom is -0.245 e. The summed E-state index contributed by atoms with van der Waals surface area (Å²) in [6, 6.07) is 44.0. The van der Waals surface area contributed by atoms with Gasteiger partial charge in [-0.2, -0.15) is 0 Å². The average molecular weight is 413 g/mol. The van der Waals surface area contributed by atoms with E-state index in [9.17, 15) is 0 Å². The van der Waals surface area contributed by atoms with Crippen LogP contribution in [-0.2, 0) is 0 Å². The van der Waals surface area contributed by atoms with Crippen LogP contribution in [0.2, 0.25) is 0 Å². The smallest absolute Gasteiger partial charge is 0.0323 e. The summed E-state index contributed by atoms with van der Waals surface area (Å²) in [7, 11) is -1.28. The van der Waals surface area contributed by atoms with Crippen molar-refractivity contribution < 1.29 is 0 Å². The summed E-state index contributed by atoms with van der Waals surface area (Å²) in [5.74, 6) is 0. The number of nitrogens with zero attached hydrogens (tertiary/aromatic N) is 1. The molecule has 0 aliphatic heterocycles. The van der Waals surface area contributed by atoms with Crippen LogP contribution in [0.25, 0.3) is 0 Å². The molecule has 0 aromatic heterocycles. The molecular formula is C26H25NP2. The van der Waals surface area contributed by atoms with E-state index >= 15 is 0 Å². The third kappa shape index (κ3) is 4.65. The molecular weight excluding hydrogens is 388 g/mol. The van der Waals surface area contributed by atoms with E-state index in [0.717, 1.165) is 6.54 Å². The molecule has 0 aliphatic rings. The molecule has 0 spiro atoms. The van der Waals surface area contributed by atoms with Crippen molar-refractivity contribution in [2.24, 2.45) is 0 Å². The van der Waals surface area contributed by atoms with E-state index in [0.29, 0.717) is 0 Å². The summed E-state index contributed by atoms with van der Waals surface area (Å²) in [5, 5.41) is 5.59. The Hall–Kier alpha value is -2.30. The van der Waals surface area contributed by atoms with Gasteiger partial charge in [-0.05, 0) is 21.2 Å². The topological polar surface area (TPSA) is 3.24 Å². The Balaban J connectivity index is 1.88. The van der Waals surface area contributed by atoms with Crippen LogP contribution in [0.5, 0.6) is 0 Å². The molecule has 0 atom stereocenters. The molecule has 0 unspecified atom stereocenters. The maximum absolute atomic E-state index is 2.74. The summed E-state index contributed by atoms with van der Waals surface area (Å²) in [6.45, 7) is 3.29. The standard InChI is InChI=1S/C26H25NP2/c1-2-27(28(23-15-7-3-8-16-23)24-17-9-4-10-18-24)29(25-19-11-5-12-20-25)26-21-13-6-14-22-26/h3-22H,2H2,1H3. The van der Waals surface area contributed by atoms with E-state index in [-0.39, 0.29) is 0 Å². The van der Waals surface area contributed by atoms with Gasteiger partial charge in [0.25, 0.3) is 0 Å². The first-order valence-corrected chi connectivity index (χ1v) is 12.5. The molecule has 29 heavy (non-hydrogen) atoms. The van der Waals surface area contributed by atoms with Gasteiger partial charge in [-0.25, -0.2) is 4.44 Å². The van der Waals surface area contributed by atoms with Crippen LogP contribution in [0, 0.1) is 0 Å². The van der Waals surface area contributed by atoms with Gasteiger partial charge < -0.3 is 0 Å². The minimum absolute atomic E-state index is 0.639. The zero-order valence-corrected chi connectivity index (χ0v) is 18.4. The van der Waals surface area contributed by atoms with Gasteiger partial charge in [0, 0.05) is 22.7 Å². The Kier molecular flexibility index (Phi) is 6.86. The molecule has 144 valence electrons. The van der Waals surface area contributed by atoms with Crippen LogP contribution in [0.4, 0.5) is 0 Å². The second-order valence-electron chi connectivity index (χ2n) is 6.65.